The first-order valence-electron chi connectivity index (χ1n) is 7.63. The van der Waals surface area contributed by atoms with E-state index in [4.69, 9.17) is 4.74 Å². The molecule has 1 aliphatic rings. The number of H-pyrrole nitrogens is 1. The van der Waals surface area contributed by atoms with Crippen LogP contribution < -0.4 is 11.2 Å². The maximum atomic E-state index is 12.6. The number of fused-ring (bicyclic) bond motifs is 1. The van der Waals surface area contributed by atoms with Crippen LogP contribution in [0, 0.1) is 12.8 Å². The minimum absolute atomic E-state index is 0.243. The second-order valence-corrected chi connectivity index (χ2v) is 7.96. The number of ether oxygens (including phenoxy) is 1. The molecule has 6 nitrogen and oxygen atoms in total. The molecule has 7 heteroatoms. The fourth-order valence-corrected chi connectivity index (χ4v) is 3.80. The lowest BCUT2D eigenvalue weighted by molar-refractivity contribution is -0.164. The van der Waals surface area contributed by atoms with E-state index in [2.05, 4.69) is 4.98 Å². The highest BCUT2D eigenvalue weighted by atomic mass is 32.1. The van der Waals surface area contributed by atoms with Gasteiger partial charge < -0.3 is 4.74 Å². The van der Waals surface area contributed by atoms with E-state index < -0.39 is 11.3 Å². The Morgan fingerprint density at radius 3 is 2.61 bits per heavy atom. The van der Waals surface area contributed by atoms with Crippen LogP contribution in [0.25, 0.3) is 10.2 Å². The van der Waals surface area contributed by atoms with Crippen molar-refractivity contribution in [2.75, 3.05) is 0 Å². The van der Waals surface area contributed by atoms with Crippen molar-refractivity contribution < 1.29 is 9.53 Å². The van der Waals surface area contributed by atoms with Crippen LogP contribution in [0.1, 0.15) is 45.2 Å². The summed E-state index contributed by atoms with van der Waals surface area (Å²) in [5, 5.41) is 2.42. The standard InChI is InChI=1S/C16H20N2O4S/c1-8-7-23-12-11(8)13(19)18(15(21)17-12)10-5-9(6-10)14(20)22-16(2,3)4/h7,9-10H,5-6H2,1-4H3,(H,17,21). The van der Waals surface area contributed by atoms with Crippen molar-refractivity contribution in [3.8, 4) is 0 Å². The van der Waals surface area contributed by atoms with Gasteiger partial charge in [-0.05, 0) is 51.5 Å². The van der Waals surface area contributed by atoms with Crippen LogP contribution in [-0.2, 0) is 9.53 Å². The number of rotatable bonds is 2. The molecule has 2 aromatic rings. The van der Waals surface area contributed by atoms with Crippen LogP contribution >= 0.6 is 11.3 Å². The fourth-order valence-electron chi connectivity index (χ4n) is 2.88. The molecule has 0 spiro atoms. The summed E-state index contributed by atoms with van der Waals surface area (Å²) in [4.78, 5) is 40.2. The van der Waals surface area contributed by atoms with Crippen LogP contribution in [0.4, 0.5) is 0 Å². The fraction of sp³-hybridized carbons (Fsp3) is 0.562. The van der Waals surface area contributed by atoms with Crippen LogP contribution in [0.3, 0.4) is 0 Å². The van der Waals surface area contributed by atoms with Crippen molar-refractivity contribution >= 4 is 27.5 Å². The summed E-state index contributed by atoms with van der Waals surface area (Å²) in [6.07, 6.45) is 0.930. The first kappa shape index (κ1) is 16.0. The lowest BCUT2D eigenvalue weighted by Crippen LogP contribution is -2.45. The predicted molar refractivity (Wildman–Crippen MR) is 89.0 cm³/mol. The van der Waals surface area contributed by atoms with Crippen molar-refractivity contribution in [3.63, 3.8) is 0 Å². The van der Waals surface area contributed by atoms with E-state index in [1.54, 1.807) is 0 Å². The third-order valence-corrected chi connectivity index (χ3v) is 5.08. The Kier molecular flexibility index (Phi) is 3.71. The Morgan fingerprint density at radius 2 is 2.00 bits per heavy atom. The summed E-state index contributed by atoms with van der Waals surface area (Å²) in [6.45, 7) is 7.32. The normalized spacial score (nSPS) is 21.2. The molecule has 2 heterocycles. The molecule has 0 atom stereocenters. The molecule has 1 saturated carbocycles. The first-order valence-corrected chi connectivity index (χ1v) is 8.51. The van der Waals surface area contributed by atoms with E-state index in [0.717, 1.165) is 5.56 Å². The summed E-state index contributed by atoms with van der Waals surface area (Å²) in [6, 6.07) is -0.243. The molecule has 0 amide bonds. The zero-order valence-corrected chi connectivity index (χ0v) is 14.5. The maximum Gasteiger partial charge on any atom is 0.329 e. The summed E-state index contributed by atoms with van der Waals surface area (Å²) < 4.78 is 6.61. The molecule has 0 bridgehead atoms. The maximum absolute atomic E-state index is 12.6. The molecular weight excluding hydrogens is 316 g/mol. The summed E-state index contributed by atoms with van der Waals surface area (Å²) in [7, 11) is 0. The van der Waals surface area contributed by atoms with Gasteiger partial charge in [0.15, 0.2) is 0 Å². The Morgan fingerprint density at radius 1 is 1.35 bits per heavy atom. The third-order valence-electron chi connectivity index (χ3n) is 4.07. The number of carbonyl (C=O) groups is 1. The van der Waals surface area contributed by atoms with Gasteiger partial charge in [-0.25, -0.2) is 4.79 Å². The molecule has 1 fully saturated rings. The average molecular weight is 336 g/mol. The van der Waals surface area contributed by atoms with Crippen LogP contribution in [0.15, 0.2) is 15.0 Å². The Labute approximate surface area is 137 Å². The van der Waals surface area contributed by atoms with Gasteiger partial charge in [0, 0.05) is 6.04 Å². The lowest BCUT2D eigenvalue weighted by Gasteiger charge is -2.35. The van der Waals surface area contributed by atoms with Crippen LogP contribution in [-0.4, -0.2) is 21.1 Å². The van der Waals surface area contributed by atoms with Gasteiger partial charge in [-0.3, -0.25) is 19.1 Å². The van der Waals surface area contributed by atoms with Crippen LogP contribution in [0.2, 0.25) is 0 Å². The number of aromatic nitrogens is 2. The van der Waals surface area contributed by atoms with Gasteiger partial charge in [0.05, 0.1) is 11.3 Å². The number of aromatic amines is 1. The number of nitrogens with zero attached hydrogens (tertiary/aromatic N) is 1. The van der Waals surface area contributed by atoms with E-state index in [0.29, 0.717) is 23.1 Å². The highest BCUT2D eigenvalue weighted by molar-refractivity contribution is 7.16. The molecule has 124 valence electrons. The van der Waals surface area contributed by atoms with Crippen molar-refractivity contribution in [1.29, 1.82) is 0 Å². The zero-order chi connectivity index (χ0) is 16.9. The van der Waals surface area contributed by atoms with E-state index in [1.165, 1.54) is 15.9 Å². The molecule has 2 aromatic heterocycles. The second kappa shape index (κ2) is 5.33. The number of hydrogen-bond acceptors (Lipinski definition) is 5. The van der Waals surface area contributed by atoms with Crippen molar-refractivity contribution in [3.05, 3.63) is 31.8 Å². The van der Waals surface area contributed by atoms with E-state index in [1.807, 2.05) is 33.1 Å². The molecular formula is C16H20N2O4S. The number of carbonyl (C=O) groups excluding carboxylic acids is 1. The van der Waals surface area contributed by atoms with E-state index in [9.17, 15) is 14.4 Å². The number of aryl methyl sites for hydroxylation is 1. The summed E-state index contributed by atoms with van der Waals surface area (Å²) in [5.41, 5.74) is -0.335. The Bertz CT molecular complexity index is 878. The van der Waals surface area contributed by atoms with Crippen molar-refractivity contribution in [1.82, 2.24) is 9.55 Å². The molecule has 1 N–H and O–H groups in total. The minimum Gasteiger partial charge on any atom is -0.460 e. The molecule has 3 rings (SSSR count). The van der Waals surface area contributed by atoms with Gasteiger partial charge in [-0.2, -0.15) is 0 Å². The largest absolute Gasteiger partial charge is 0.460 e. The third kappa shape index (κ3) is 2.85. The van der Waals surface area contributed by atoms with Gasteiger partial charge in [-0.15, -0.1) is 11.3 Å². The molecule has 0 radical (unpaired) electrons. The topological polar surface area (TPSA) is 81.2 Å². The Balaban J connectivity index is 1.84. The van der Waals surface area contributed by atoms with Gasteiger partial charge in [0.25, 0.3) is 5.56 Å². The minimum atomic E-state index is -0.525. The Hall–Kier alpha value is -1.89. The lowest BCUT2D eigenvalue weighted by atomic mass is 9.80. The van der Waals surface area contributed by atoms with Crippen LogP contribution in [0.5, 0.6) is 0 Å². The average Bonchev–Trinajstić information content (AvgIpc) is 2.70. The highest BCUT2D eigenvalue weighted by Gasteiger charge is 2.39. The van der Waals surface area contributed by atoms with Gasteiger partial charge in [-0.1, -0.05) is 0 Å². The van der Waals surface area contributed by atoms with Gasteiger partial charge in [0.1, 0.15) is 10.4 Å². The molecule has 0 aromatic carbocycles. The molecule has 23 heavy (non-hydrogen) atoms. The number of hydrogen-bond donors (Lipinski definition) is 1. The monoisotopic (exact) mass is 336 g/mol. The predicted octanol–water partition coefficient (Wildman–Crippen LogP) is 2.35. The first-order chi connectivity index (χ1) is 10.7. The smallest absolute Gasteiger partial charge is 0.329 e. The second-order valence-electron chi connectivity index (χ2n) is 7.08. The van der Waals surface area contributed by atoms with Crippen molar-refractivity contribution in [2.45, 2.75) is 52.2 Å². The zero-order valence-electron chi connectivity index (χ0n) is 13.6. The highest BCUT2D eigenvalue weighted by Crippen LogP contribution is 2.38. The van der Waals surface area contributed by atoms with E-state index in [-0.39, 0.29) is 23.5 Å². The quantitative estimate of drug-likeness (QED) is 0.854. The SMILES string of the molecule is Cc1csc2[nH]c(=O)n(C3CC(C(=O)OC(C)(C)C)C3)c(=O)c12. The molecule has 0 saturated heterocycles. The van der Waals surface area contributed by atoms with E-state index >= 15 is 0 Å². The number of thiophene rings is 1. The number of nitrogens with one attached hydrogen (secondary N) is 1. The molecule has 1 aliphatic carbocycles. The van der Waals surface area contributed by atoms with Gasteiger partial charge >= 0.3 is 11.7 Å². The molecule has 0 aliphatic heterocycles. The van der Waals surface area contributed by atoms with Crippen molar-refractivity contribution in [2.24, 2.45) is 5.92 Å². The summed E-state index contributed by atoms with van der Waals surface area (Å²) >= 11 is 1.36. The number of esters is 1. The summed E-state index contributed by atoms with van der Waals surface area (Å²) in [5.74, 6) is -0.504. The van der Waals surface area contributed by atoms with Gasteiger partial charge in [0.2, 0.25) is 0 Å². The molecule has 0 unspecified atom stereocenters.